The van der Waals surface area contributed by atoms with Crippen LogP contribution in [0, 0.1) is 0 Å². The van der Waals surface area contributed by atoms with Crippen LogP contribution < -0.4 is 0 Å². The van der Waals surface area contributed by atoms with Crippen LogP contribution in [-0.2, 0) is 19.3 Å². The molecule has 0 heterocycles. The number of carboxylic acids is 3. The molecule has 126 valence electrons. The Balaban J connectivity index is 4.20. The first-order valence-electron chi connectivity index (χ1n) is 7.04. The van der Waals surface area contributed by atoms with Gasteiger partial charge in [-0.3, -0.25) is 0 Å². The fourth-order valence-electron chi connectivity index (χ4n) is 2.73. The Bertz CT molecular complexity index is 743. The standard InChI is InChI=1S/C18H18O6/c1-4-7-10-11(8-5-2)14(17(21)22)15(18(23)24)12(9-6-3)13(10)16(19)20/h4-6H,1-3,7-9H2,(H,19,20)(H,21,22)(H,23,24). The Morgan fingerprint density at radius 2 is 0.917 bits per heavy atom. The van der Waals surface area contributed by atoms with Crippen LogP contribution in [-0.4, -0.2) is 33.2 Å². The second-order valence-corrected chi connectivity index (χ2v) is 4.95. The Labute approximate surface area is 139 Å². The maximum absolute atomic E-state index is 11.8. The van der Waals surface area contributed by atoms with Gasteiger partial charge in [-0.2, -0.15) is 0 Å². The summed E-state index contributed by atoms with van der Waals surface area (Å²) in [6.07, 6.45) is 4.22. The quantitative estimate of drug-likeness (QED) is 0.600. The van der Waals surface area contributed by atoms with Gasteiger partial charge in [-0.25, -0.2) is 14.4 Å². The smallest absolute Gasteiger partial charge is 0.336 e. The minimum Gasteiger partial charge on any atom is -0.478 e. The second kappa shape index (κ2) is 7.92. The molecule has 0 saturated heterocycles. The lowest BCUT2D eigenvalue weighted by atomic mass is 9.82. The highest BCUT2D eigenvalue weighted by Gasteiger charge is 2.31. The molecule has 0 saturated carbocycles. The zero-order valence-corrected chi connectivity index (χ0v) is 13.0. The minimum atomic E-state index is -1.50. The second-order valence-electron chi connectivity index (χ2n) is 4.95. The first-order valence-corrected chi connectivity index (χ1v) is 7.04. The fourth-order valence-corrected chi connectivity index (χ4v) is 2.73. The highest BCUT2D eigenvalue weighted by atomic mass is 16.4. The summed E-state index contributed by atoms with van der Waals surface area (Å²) in [6, 6.07) is 0. The van der Waals surface area contributed by atoms with Crippen LogP contribution in [0.3, 0.4) is 0 Å². The molecule has 0 bridgehead atoms. The number of aromatic carboxylic acids is 3. The van der Waals surface area contributed by atoms with Gasteiger partial charge >= 0.3 is 17.9 Å². The van der Waals surface area contributed by atoms with Gasteiger partial charge in [0.25, 0.3) is 0 Å². The zero-order chi connectivity index (χ0) is 18.4. The Kier molecular flexibility index (Phi) is 6.23. The average Bonchev–Trinajstić information content (AvgIpc) is 2.48. The van der Waals surface area contributed by atoms with Gasteiger partial charge in [0.1, 0.15) is 0 Å². The topological polar surface area (TPSA) is 112 Å². The van der Waals surface area contributed by atoms with Crippen molar-refractivity contribution in [2.75, 3.05) is 0 Å². The lowest BCUT2D eigenvalue weighted by molar-refractivity contribution is 0.0646. The molecule has 0 fully saturated rings. The van der Waals surface area contributed by atoms with Crippen LogP contribution in [0.2, 0.25) is 0 Å². The number of allylic oxidation sites excluding steroid dienone is 3. The van der Waals surface area contributed by atoms with Crippen molar-refractivity contribution in [1.82, 2.24) is 0 Å². The summed E-state index contributed by atoms with van der Waals surface area (Å²) in [5.74, 6) is -4.26. The molecule has 0 atom stereocenters. The van der Waals surface area contributed by atoms with E-state index in [9.17, 15) is 29.7 Å². The van der Waals surface area contributed by atoms with Crippen molar-refractivity contribution < 1.29 is 29.7 Å². The molecule has 0 amide bonds. The van der Waals surface area contributed by atoms with E-state index in [0.717, 1.165) is 0 Å². The number of hydrogen-bond acceptors (Lipinski definition) is 3. The highest BCUT2D eigenvalue weighted by molar-refractivity contribution is 6.07. The number of rotatable bonds is 9. The van der Waals surface area contributed by atoms with Gasteiger partial charge in [0.15, 0.2) is 0 Å². The molecule has 0 unspecified atom stereocenters. The van der Waals surface area contributed by atoms with Gasteiger partial charge in [0.2, 0.25) is 0 Å². The summed E-state index contributed by atoms with van der Waals surface area (Å²) in [4.78, 5) is 35.2. The average molecular weight is 330 g/mol. The molecule has 0 aromatic heterocycles. The van der Waals surface area contributed by atoms with Crippen molar-refractivity contribution in [2.45, 2.75) is 19.3 Å². The van der Waals surface area contributed by atoms with E-state index >= 15 is 0 Å². The van der Waals surface area contributed by atoms with Gasteiger partial charge in [0, 0.05) is 0 Å². The third-order valence-electron chi connectivity index (χ3n) is 3.51. The predicted octanol–water partition coefficient (Wildman–Crippen LogP) is 2.97. The van der Waals surface area contributed by atoms with Gasteiger partial charge in [-0.15, -0.1) is 19.7 Å². The molecule has 1 aromatic rings. The summed E-state index contributed by atoms with van der Waals surface area (Å²) in [5.41, 5.74) is -0.872. The van der Waals surface area contributed by atoms with Crippen molar-refractivity contribution in [2.24, 2.45) is 0 Å². The van der Waals surface area contributed by atoms with E-state index in [0.29, 0.717) is 0 Å². The van der Waals surface area contributed by atoms with E-state index in [2.05, 4.69) is 19.7 Å². The van der Waals surface area contributed by atoms with E-state index in [1.165, 1.54) is 18.2 Å². The minimum absolute atomic E-state index is 0.0275. The summed E-state index contributed by atoms with van der Waals surface area (Å²) < 4.78 is 0. The first kappa shape index (κ1) is 18.9. The van der Waals surface area contributed by atoms with Crippen LogP contribution in [0.4, 0.5) is 0 Å². The van der Waals surface area contributed by atoms with Crippen LogP contribution in [0.25, 0.3) is 0 Å². The van der Waals surface area contributed by atoms with Crippen LogP contribution in [0.5, 0.6) is 0 Å². The van der Waals surface area contributed by atoms with Crippen LogP contribution >= 0.6 is 0 Å². The summed E-state index contributed by atoms with van der Waals surface area (Å²) in [6.45, 7) is 10.6. The third kappa shape index (κ3) is 3.43. The Hall–Kier alpha value is -3.15. The van der Waals surface area contributed by atoms with Gasteiger partial charge in [-0.05, 0) is 36.0 Å². The fraction of sp³-hybridized carbons (Fsp3) is 0.167. The van der Waals surface area contributed by atoms with Crippen LogP contribution in [0.15, 0.2) is 38.0 Å². The maximum Gasteiger partial charge on any atom is 0.336 e. The molecule has 1 aromatic carbocycles. The molecule has 3 N–H and O–H groups in total. The number of benzene rings is 1. The van der Waals surface area contributed by atoms with E-state index in [4.69, 9.17) is 0 Å². The van der Waals surface area contributed by atoms with Gasteiger partial charge < -0.3 is 15.3 Å². The molecule has 24 heavy (non-hydrogen) atoms. The lowest BCUT2D eigenvalue weighted by Gasteiger charge is -2.20. The Morgan fingerprint density at radius 3 is 1.25 bits per heavy atom. The van der Waals surface area contributed by atoms with E-state index < -0.39 is 29.0 Å². The molecule has 0 aliphatic rings. The third-order valence-corrected chi connectivity index (χ3v) is 3.51. The molecule has 6 heteroatoms. The molecule has 1 rings (SSSR count). The number of hydrogen-bond donors (Lipinski definition) is 3. The molecule has 6 nitrogen and oxygen atoms in total. The van der Waals surface area contributed by atoms with Crippen molar-refractivity contribution in [3.05, 3.63) is 71.3 Å². The Morgan fingerprint density at radius 1 is 0.625 bits per heavy atom. The van der Waals surface area contributed by atoms with Crippen molar-refractivity contribution >= 4 is 17.9 Å². The maximum atomic E-state index is 11.8. The molecular formula is C18H18O6. The van der Waals surface area contributed by atoms with Crippen molar-refractivity contribution in [3.8, 4) is 0 Å². The predicted molar refractivity (Wildman–Crippen MR) is 89.0 cm³/mol. The van der Waals surface area contributed by atoms with Gasteiger partial charge in [0.05, 0.1) is 16.7 Å². The van der Waals surface area contributed by atoms with E-state index in [1.54, 1.807) is 0 Å². The number of carbonyl (C=O) groups is 3. The largest absolute Gasteiger partial charge is 0.478 e. The normalized spacial score (nSPS) is 10.0. The highest BCUT2D eigenvalue weighted by Crippen LogP contribution is 2.31. The number of carboxylic acid groups (broad SMARTS) is 3. The summed E-state index contributed by atoms with van der Waals surface area (Å²) in [7, 11) is 0. The van der Waals surface area contributed by atoms with Crippen molar-refractivity contribution in [3.63, 3.8) is 0 Å². The molecule has 0 radical (unpaired) electrons. The van der Waals surface area contributed by atoms with E-state index in [1.807, 2.05) is 0 Å². The summed E-state index contributed by atoms with van der Waals surface area (Å²) >= 11 is 0. The SMILES string of the molecule is C=CCc1c(CC=C)c(C(=O)O)c(C(=O)O)c(CC=C)c1C(=O)O. The monoisotopic (exact) mass is 330 g/mol. The lowest BCUT2D eigenvalue weighted by Crippen LogP contribution is -2.21. The molecule has 0 spiro atoms. The first-order chi connectivity index (χ1) is 11.3. The molecular weight excluding hydrogens is 312 g/mol. The van der Waals surface area contributed by atoms with Gasteiger partial charge in [-0.1, -0.05) is 18.2 Å². The van der Waals surface area contributed by atoms with Crippen LogP contribution in [0.1, 0.15) is 47.8 Å². The zero-order valence-electron chi connectivity index (χ0n) is 13.0. The van der Waals surface area contributed by atoms with E-state index in [-0.39, 0.29) is 41.5 Å². The van der Waals surface area contributed by atoms with Crippen molar-refractivity contribution in [1.29, 1.82) is 0 Å². The summed E-state index contributed by atoms with van der Waals surface area (Å²) in [5, 5.41) is 28.6. The molecule has 0 aliphatic heterocycles. The molecule has 0 aliphatic carbocycles.